The molecule has 1 aromatic heterocycles. The molecule has 0 radical (unpaired) electrons. The molecule has 2 aromatic rings. The predicted octanol–water partition coefficient (Wildman–Crippen LogP) is 3.34. The molecule has 0 atom stereocenters. The highest BCUT2D eigenvalue weighted by atomic mass is 35.5. The Morgan fingerprint density at radius 3 is 2.80 bits per heavy atom. The predicted molar refractivity (Wildman–Crippen MR) is 79.8 cm³/mol. The molecule has 4 heteroatoms. The standard InChI is InChI=1S/C16H15ClN2O/c1-13-6-7-15(14(11-13)5-2-3-8-17)20-12-16-18-9-4-10-19-16/h4,6-7,9-11H,3,8,12H2,1H3. The Bertz CT molecular complexity index is 617. The molecule has 0 N–H and O–H groups in total. The van der Waals surface area contributed by atoms with Crippen LogP contribution in [0, 0.1) is 18.8 Å². The highest BCUT2D eigenvalue weighted by Gasteiger charge is 2.03. The first-order chi connectivity index (χ1) is 9.79. The lowest BCUT2D eigenvalue weighted by atomic mass is 10.1. The molecule has 0 saturated carbocycles. The van der Waals surface area contributed by atoms with Gasteiger partial charge < -0.3 is 4.74 Å². The second kappa shape index (κ2) is 7.52. The molecule has 0 aliphatic heterocycles. The van der Waals surface area contributed by atoms with Gasteiger partial charge in [-0.15, -0.1) is 11.6 Å². The average Bonchev–Trinajstić information content (AvgIpc) is 2.48. The number of rotatable bonds is 4. The summed E-state index contributed by atoms with van der Waals surface area (Å²) in [5, 5.41) is 0. The normalized spacial score (nSPS) is 9.70. The van der Waals surface area contributed by atoms with Gasteiger partial charge in [-0.2, -0.15) is 0 Å². The van der Waals surface area contributed by atoms with Crippen LogP contribution in [0.15, 0.2) is 36.7 Å². The van der Waals surface area contributed by atoms with E-state index in [9.17, 15) is 0 Å². The first-order valence-corrected chi connectivity index (χ1v) is 6.87. The fourth-order valence-electron chi connectivity index (χ4n) is 1.62. The minimum Gasteiger partial charge on any atom is -0.484 e. The molecular formula is C16H15ClN2O. The molecule has 0 amide bonds. The van der Waals surface area contributed by atoms with Crippen molar-refractivity contribution < 1.29 is 4.74 Å². The number of hydrogen-bond acceptors (Lipinski definition) is 3. The minimum atomic E-state index is 0.327. The number of aromatic nitrogens is 2. The second-order valence-corrected chi connectivity index (χ2v) is 4.57. The van der Waals surface area contributed by atoms with Crippen molar-refractivity contribution >= 4 is 11.6 Å². The molecule has 1 heterocycles. The number of nitrogens with zero attached hydrogens (tertiary/aromatic N) is 2. The summed E-state index contributed by atoms with van der Waals surface area (Å²) in [5.41, 5.74) is 2.01. The first kappa shape index (κ1) is 14.4. The van der Waals surface area contributed by atoms with Gasteiger partial charge in [0.05, 0.1) is 5.56 Å². The molecule has 0 fully saturated rings. The van der Waals surface area contributed by atoms with Crippen LogP contribution in [0.5, 0.6) is 5.75 Å². The second-order valence-electron chi connectivity index (χ2n) is 4.19. The van der Waals surface area contributed by atoms with Crippen LogP contribution in [0.1, 0.15) is 23.4 Å². The Balaban J connectivity index is 2.13. The Morgan fingerprint density at radius 1 is 1.25 bits per heavy atom. The van der Waals surface area contributed by atoms with Gasteiger partial charge in [0.1, 0.15) is 12.4 Å². The Hall–Kier alpha value is -2.05. The van der Waals surface area contributed by atoms with Crippen molar-refractivity contribution in [3.8, 4) is 17.6 Å². The van der Waals surface area contributed by atoms with Gasteiger partial charge in [-0.3, -0.25) is 0 Å². The van der Waals surface area contributed by atoms with Crippen LogP contribution >= 0.6 is 11.6 Å². The quantitative estimate of drug-likeness (QED) is 0.639. The lowest BCUT2D eigenvalue weighted by Crippen LogP contribution is -2.01. The summed E-state index contributed by atoms with van der Waals surface area (Å²) < 4.78 is 5.75. The topological polar surface area (TPSA) is 35.0 Å². The smallest absolute Gasteiger partial charge is 0.166 e. The number of halogens is 1. The Morgan fingerprint density at radius 2 is 2.05 bits per heavy atom. The SMILES string of the molecule is Cc1ccc(OCc2ncccn2)c(C#CCCCl)c1. The van der Waals surface area contributed by atoms with E-state index in [4.69, 9.17) is 16.3 Å². The molecule has 1 aromatic carbocycles. The number of aryl methyl sites for hydroxylation is 1. The average molecular weight is 287 g/mol. The van der Waals surface area contributed by atoms with E-state index in [1.165, 1.54) is 0 Å². The molecule has 0 saturated heterocycles. The Kier molecular flexibility index (Phi) is 5.40. The van der Waals surface area contributed by atoms with E-state index < -0.39 is 0 Å². The highest BCUT2D eigenvalue weighted by Crippen LogP contribution is 2.20. The maximum Gasteiger partial charge on any atom is 0.166 e. The van der Waals surface area contributed by atoms with Crippen LogP contribution in [0.2, 0.25) is 0 Å². The summed E-state index contributed by atoms with van der Waals surface area (Å²) in [6, 6.07) is 7.69. The van der Waals surface area contributed by atoms with Crippen LogP contribution in [0.25, 0.3) is 0 Å². The summed E-state index contributed by atoms with van der Waals surface area (Å²) in [5.74, 6) is 8.04. The maximum absolute atomic E-state index is 5.75. The van der Waals surface area contributed by atoms with Crippen molar-refractivity contribution in [3.63, 3.8) is 0 Å². The largest absolute Gasteiger partial charge is 0.484 e. The third-order valence-corrected chi connectivity index (χ3v) is 2.74. The molecule has 3 nitrogen and oxygen atoms in total. The van der Waals surface area contributed by atoms with E-state index in [0.717, 1.165) is 16.9 Å². The van der Waals surface area contributed by atoms with E-state index >= 15 is 0 Å². The zero-order valence-corrected chi connectivity index (χ0v) is 12.0. The van der Waals surface area contributed by atoms with Crippen molar-refractivity contribution in [2.45, 2.75) is 20.0 Å². The fraction of sp³-hybridized carbons (Fsp3) is 0.250. The molecule has 0 bridgehead atoms. The molecule has 0 aliphatic carbocycles. The molecule has 0 spiro atoms. The van der Waals surface area contributed by atoms with Gasteiger partial charge in [-0.05, 0) is 30.7 Å². The number of benzene rings is 1. The van der Waals surface area contributed by atoms with Crippen molar-refractivity contribution in [1.29, 1.82) is 0 Å². The highest BCUT2D eigenvalue weighted by molar-refractivity contribution is 6.18. The van der Waals surface area contributed by atoms with Gasteiger partial charge in [-0.25, -0.2) is 9.97 Å². The van der Waals surface area contributed by atoms with Crippen molar-refractivity contribution in [2.75, 3.05) is 5.88 Å². The van der Waals surface area contributed by atoms with Crippen LogP contribution in [-0.4, -0.2) is 15.8 Å². The summed E-state index contributed by atoms with van der Waals surface area (Å²) in [7, 11) is 0. The lowest BCUT2D eigenvalue weighted by Gasteiger charge is -2.08. The Labute approximate surface area is 124 Å². The van der Waals surface area contributed by atoms with Crippen LogP contribution in [0.3, 0.4) is 0 Å². The van der Waals surface area contributed by atoms with E-state index in [1.54, 1.807) is 18.5 Å². The van der Waals surface area contributed by atoms with Gasteiger partial charge >= 0.3 is 0 Å². The van der Waals surface area contributed by atoms with Gasteiger partial charge in [0, 0.05) is 24.7 Å². The zero-order chi connectivity index (χ0) is 14.2. The zero-order valence-electron chi connectivity index (χ0n) is 11.3. The van der Waals surface area contributed by atoms with Gasteiger partial charge in [0.2, 0.25) is 0 Å². The maximum atomic E-state index is 5.75. The van der Waals surface area contributed by atoms with Gasteiger partial charge in [0.25, 0.3) is 0 Å². The summed E-state index contributed by atoms with van der Waals surface area (Å²) in [6.07, 6.45) is 4.06. The van der Waals surface area contributed by atoms with Crippen LogP contribution in [0.4, 0.5) is 0 Å². The fourth-order valence-corrected chi connectivity index (χ4v) is 1.71. The number of ether oxygens (including phenoxy) is 1. The van der Waals surface area contributed by atoms with Crippen molar-refractivity contribution in [2.24, 2.45) is 0 Å². The van der Waals surface area contributed by atoms with Crippen LogP contribution < -0.4 is 4.74 Å². The monoisotopic (exact) mass is 286 g/mol. The lowest BCUT2D eigenvalue weighted by molar-refractivity contribution is 0.295. The van der Waals surface area contributed by atoms with Crippen molar-refractivity contribution in [1.82, 2.24) is 9.97 Å². The van der Waals surface area contributed by atoms with Crippen LogP contribution in [-0.2, 0) is 6.61 Å². The van der Waals surface area contributed by atoms with Gasteiger partial charge in [0.15, 0.2) is 5.82 Å². The van der Waals surface area contributed by atoms with E-state index in [-0.39, 0.29) is 0 Å². The molecule has 0 unspecified atom stereocenters. The first-order valence-electron chi connectivity index (χ1n) is 6.34. The van der Waals surface area contributed by atoms with E-state index in [1.807, 2.05) is 25.1 Å². The number of alkyl halides is 1. The van der Waals surface area contributed by atoms with Gasteiger partial charge in [-0.1, -0.05) is 17.9 Å². The minimum absolute atomic E-state index is 0.327. The molecule has 0 aliphatic rings. The third kappa shape index (κ3) is 4.25. The van der Waals surface area contributed by atoms with E-state index in [2.05, 4.69) is 21.8 Å². The van der Waals surface area contributed by atoms with E-state index in [0.29, 0.717) is 24.7 Å². The van der Waals surface area contributed by atoms with Crippen molar-refractivity contribution in [3.05, 3.63) is 53.6 Å². The molecular weight excluding hydrogens is 272 g/mol. The number of hydrogen-bond donors (Lipinski definition) is 0. The molecule has 20 heavy (non-hydrogen) atoms. The summed E-state index contributed by atoms with van der Waals surface area (Å²) >= 11 is 5.63. The summed E-state index contributed by atoms with van der Waals surface area (Å²) in [4.78, 5) is 8.25. The third-order valence-electron chi connectivity index (χ3n) is 2.55. The molecule has 2 rings (SSSR count). The summed E-state index contributed by atoms with van der Waals surface area (Å²) in [6.45, 7) is 2.35. The molecule has 102 valence electrons.